The average molecular weight is 280 g/mol. The first-order valence-corrected chi connectivity index (χ1v) is 6.51. The van der Waals surface area contributed by atoms with E-state index in [9.17, 15) is 14.4 Å². The Hall–Kier alpha value is -2.11. The number of aromatic carboxylic acids is 1. The Kier molecular flexibility index (Phi) is 5.07. The maximum atomic E-state index is 12.1. The first-order valence-electron chi connectivity index (χ1n) is 6.51. The molecular formula is C14H20N2O4. The third kappa shape index (κ3) is 3.46. The minimum absolute atomic E-state index is 0.0166. The first kappa shape index (κ1) is 15.9. The van der Waals surface area contributed by atoms with Crippen molar-refractivity contribution in [2.75, 3.05) is 0 Å². The van der Waals surface area contributed by atoms with Crippen LogP contribution in [0.4, 0.5) is 0 Å². The van der Waals surface area contributed by atoms with Crippen molar-refractivity contribution >= 4 is 11.9 Å². The van der Waals surface area contributed by atoms with Crippen LogP contribution >= 0.6 is 0 Å². The maximum absolute atomic E-state index is 12.1. The van der Waals surface area contributed by atoms with Gasteiger partial charge >= 0.3 is 5.97 Å². The molecule has 1 heterocycles. The van der Waals surface area contributed by atoms with Gasteiger partial charge in [-0.15, -0.1) is 0 Å². The summed E-state index contributed by atoms with van der Waals surface area (Å²) in [5.41, 5.74) is 0.0385. The number of carboxylic acid groups (broad SMARTS) is 1. The molecule has 20 heavy (non-hydrogen) atoms. The van der Waals surface area contributed by atoms with Crippen molar-refractivity contribution in [3.63, 3.8) is 0 Å². The van der Waals surface area contributed by atoms with E-state index in [1.807, 2.05) is 13.8 Å². The maximum Gasteiger partial charge on any atom is 0.341 e. The van der Waals surface area contributed by atoms with E-state index in [2.05, 4.69) is 5.32 Å². The number of nitrogens with zero attached hydrogens (tertiary/aromatic N) is 1. The van der Waals surface area contributed by atoms with E-state index >= 15 is 0 Å². The van der Waals surface area contributed by atoms with Gasteiger partial charge in [-0.3, -0.25) is 9.59 Å². The highest BCUT2D eigenvalue weighted by molar-refractivity contribution is 5.89. The molecule has 1 aromatic rings. The summed E-state index contributed by atoms with van der Waals surface area (Å²) >= 11 is 0. The largest absolute Gasteiger partial charge is 0.477 e. The Bertz CT molecular complexity index is 590. The van der Waals surface area contributed by atoms with E-state index in [1.165, 1.54) is 4.57 Å². The fourth-order valence-electron chi connectivity index (χ4n) is 1.95. The summed E-state index contributed by atoms with van der Waals surface area (Å²) in [6.07, 6.45) is 0.786. The topological polar surface area (TPSA) is 88.4 Å². The molecule has 0 aliphatic heterocycles. The van der Waals surface area contributed by atoms with Gasteiger partial charge in [-0.25, -0.2) is 4.79 Å². The third-order valence-electron chi connectivity index (χ3n) is 3.24. The van der Waals surface area contributed by atoms with Crippen LogP contribution in [0.5, 0.6) is 0 Å². The molecule has 0 saturated heterocycles. The average Bonchev–Trinajstić information content (AvgIpc) is 2.33. The van der Waals surface area contributed by atoms with Crippen LogP contribution in [0, 0.1) is 13.8 Å². The lowest BCUT2D eigenvalue weighted by atomic mass is 10.1. The van der Waals surface area contributed by atoms with E-state index in [4.69, 9.17) is 5.11 Å². The van der Waals surface area contributed by atoms with Gasteiger partial charge in [-0.2, -0.15) is 0 Å². The number of carboxylic acids is 1. The van der Waals surface area contributed by atoms with Gasteiger partial charge in [0.1, 0.15) is 12.1 Å². The summed E-state index contributed by atoms with van der Waals surface area (Å²) in [5.74, 6) is -1.58. The van der Waals surface area contributed by atoms with Crippen LogP contribution in [0.15, 0.2) is 10.9 Å². The Labute approximate surface area is 117 Å². The lowest BCUT2D eigenvalue weighted by Gasteiger charge is -2.15. The second-order valence-electron chi connectivity index (χ2n) is 4.92. The normalized spacial score (nSPS) is 12.0. The molecule has 110 valence electrons. The van der Waals surface area contributed by atoms with Crippen molar-refractivity contribution in [1.82, 2.24) is 9.88 Å². The fraction of sp³-hybridized carbons (Fsp3) is 0.500. The number of carbonyl (C=O) groups excluding carboxylic acids is 1. The van der Waals surface area contributed by atoms with Crippen molar-refractivity contribution in [1.29, 1.82) is 0 Å². The fourth-order valence-corrected chi connectivity index (χ4v) is 1.95. The Morgan fingerprint density at radius 2 is 2.00 bits per heavy atom. The number of aryl methyl sites for hydroxylation is 2. The second-order valence-corrected chi connectivity index (χ2v) is 4.92. The second kappa shape index (κ2) is 6.36. The van der Waals surface area contributed by atoms with Crippen molar-refractivity contribution in [3.05, 3.63) is 33.2 Å². The quantitative estimate of drug-likeness (QED) is 0.844. The summed E-state index contributed by atoms with van der Waals surface area (Å²) in [5, 5.41) is 11.8. The van der Waals surface area contributed by atoms with E-state index in [1.54, 1.807) is 19.9 Å². The number of hydrogen-bond acceptors (Lipinski definition) is 3. The van der Waals surface area contributed by atoms with Crippen LogP contribution in [0.3, 0.4) is 0 Å². The lowest BCUT2D eigenvalue weighted by molar-refractivity contribution is -0.122. The summed E-state index contributed by atoms with van der Waals surface area (Å²) < 4.78 is 1.19. The van der Waals surface area contributed by atoms with Crippen LogP contribution in [0.2, 0.25) is 0 Å². The molecule has 6 heteroatoms. The van der Waals surface area contributed by atoms with Crippen molar-refractivity contribution < 1.29 is 14.7 Å². The smallest absolute Gasteiger partial charge is 0.341 e. The molecule has 1 amide bonds. The number of hydrogen-bond donors (Lipinski definition) is 2. The molecule has 0 aliphatic rings. The zero-order valence-electron chi connectivity index (χ0n) is 12.2. The molecule has 6 nitrogen and oxygen atoms in total. The molecule has 2 N–H and O–H groups in total. The van der Waals surface area contributed by atoms with Gasteiger partial charge in [0.25, 0.3) is 5.56 Å². The molecular weight excluding hydrogens is 260 g/mol. The zero-order chi connectivity index (χ0) is 15.4. The minimum atomic E-state index is -1.27. The summed E-state index contributed by atoms with van der Waals surface area (Å²) in [6, 6.07) is 1.62. The first-order chi connectivity index (χ1) is 9.27. The highest BCUT2D eigenvalue weighted by Crippen LogP contribution is 2.06. The number of nitrogens with one attached hydrogen (secondary N) is 1. The summed E-state index contributed by atoms with van der Waals surface area (Å²) in [7, 11) is 0. The number of rotatable bonds is 5. The third-order valence-corrected chi connectivity index (χ3v) is 3.24. The van der Waals surface area contributed by atoms with Crippen molar-refractivity contribution in [2.45, 2.75) is 46.7 Å². The van der Waals surface area contributed by atoms with Gasteiger partial charge in [0.2, 0.25) is 5.91 Å². The van der Waals surface area contributed by atoms with Gasteiger partial charge in [0.05, 0.1) is 0 Å². The number of amides is 1. The molecule has 1 atom stereocenters. The molecule has 0 bridgehead atoms. The van der Waals surface area contributed by atoms with Crippen LogP contribution in [0.25, 0.3) is 0 Å². The SMILES string of the molecule is CCC(C)NC(=O)Cn1c(C)cc(C)c(C(=O)O)c1=O. The van der Waals surface area contributed by atoms with E-state index in [-0.39, 0.29) is 24.1 Å². The van der Waals surface area contributed by atoms with Gasteiger partial charge in [0, 0.05) is 11.7 Å². The number of aromatic nitrogens is 1. The monoisotopic (exact) mass is 280 g/mol. The lowest BCUT2D eigenvalue weighted by Crippen LogP contribution is -2.39. The summed E-state index contributed by atoms with van der Waals surface area (Å²) in [6.45, 7) is 6.88. The van der Waals surface area contributed by atoms with E-state index in [0.29, 0.717) is 11.3 Å². The van der Waals surface area contributed by atoms with E-state index in [0.717, 1.165) is 6.42 Å². The molecule has 0 fully saturated rings. The van der Waals surface area contributed by atoms with Crippen LogP contribution < -0.4 is 10.9 Å². The van der Waals surface area contributed by atoms with Crippen LogP contribution in [-0.2, 0) is 11.3 Å². The Morgan fingerprint density at radius 3 is 2.50 bits per heavy atom. The molecule has 0 radical (unpaired) electrons. The predicted molar refractivity (Wildman–Crippen MR) is 75.0 cm³/mol. The van der Waals surface area contributed by atoms with E-state index < -0.39 is 11.5 Å². The summed E-state index contributed by atoms with van der Waals surface area (Å²) in [4.78, 5) is 35.1. The van der Waals surface area contributed by atoms with Gasteiger partial charge in [0.15, 0.2) is 0 Å². The zero-order valence-corrected chi connectivity index (χ0v) is 12.2. The standard InChI is InChI=1S/C14H20N2O4/c1-5-9(3)15-11(17)7-16-10(4)6-8(2)12(13(16)18)14(19)20/h6,9H,5,7H2,1-4H3,(H,15,17)(H,19,20). The minimum Gasteiger partial charge on any atom is -0.477 e. The van der Waals surface area contributed by atoms with Gasteiger partial charge in [-0.05, 0) is 38.8 Å². The Morgan fingerprint density at radius 1 is 1.40 bits per heavy atom. The highest BCUT2D eigenvalue weighted by atomic mass is 16.4. The van der Waals surface area contributed by atoms with Crippen molar-refractivity contribution in [3.8, 4) is 0 Å². The number of carbonyl (C=O) groups is 2. The van der Waals surface area contributed by atoms with Crippen molar-refractivity contribution in [2.24, 2.45) is 0 Å². The molecule has 0 aromatic carbocycles. The predicted octanol–water partition coefficient (Wildman–Crippen LogP) is 1.08. The molecule has 1 unspecified atom stereocenters. The molecule has 1 rings (SSSR count). The van der Waals surface area contributed by atoms with Gasteiger partial charge < -0.3 is 15.0 Å². The Balaban J connectivity index is 3.13. The molecule has 0 aliphatic carbocycles. The van der Waals surface area contributed by atoms with Crippen LogP contribution in [-0.4, -0.2) is 27.6 Å². The molecule has 0 spiro atoms. The molecule has 0 saturated carbocycles. The number of pyridine rings is 1. The van der Waals surface area contributed by atoms with Gasteiger partial charge in [-0.1, -0.05) is 6.92 Å². The highest BCUT2D eigenvalue weighted by Gasteiger charge is 2.18. The van der Waals surface area contributed by atoms with Crippen LogP contribution in [0.1, 0.15) is 41.9 Å². The molecule has 1 aromatic heterocycles.